The van der Waals surface area contributed by atoms with Crippen LogP contribution >= 0.6 is 0 Å². The molecule has 0 fully saturated rings. The van der Waals surface area contributed by atoms with Crippen molar-refractivity contribution in [2.45, 2.75) is 31.7 Å². The molecule has 0 bridgehead atoms. The largest absolute Gasteiger partial charge is 0.522 e. The van der Waals surface area contributed by atoms with E-state index in [1.54, 1.807) is 0 Å². The number of hydrazine groups is 1. The Morgan fingerprint density at radius 1 is 0.750 bits per heavy atom. The van der Waals surface area contributed by atoms with Crippen molar-refractivity contribution in [3.05, 3.63) is 90.5 Å². The number of benzene rings is 3. The number of hydrogen-bond donors (Lipinski definition) is 2. The summed E-state index contributed by atoms with van der Waals surface area (Å²) in [5, 5.41) is 2.11. The molecule has 0 heterocycles. The summed E-state index contributed by atoms with van der Waals surface area (Å²) < 4.78 is 57.5. The molecule has 0 saturated heterocycles. The lowest BCUT2D eigenvalue weighted by atomic mass is 9.87. The first-order chi connectivity index (χ1) is 14.8. The molecule has 0 atom stereocenters. The number of nitrogens with one attached hydrogen (secondary N) is 1. The number of hydrogen-bond acceptors (Lipinski definition) is 4. The lowest BCUT2D eigenvalue weighted by Crippen LogP contribution is -2.24. The van der Waals surface area contributed by atoms with Crippen molar-refractivity contribution in [3.8, 4) is 0 Å². The summed E-state index contributed by atoms with van der Waals surface area (Å²) >= 11 is 0. The highest BCUT2D eigenvalue weighted by atomic mass is 32.2. The molecule has 0 radical (unpaired) electrons. The lowest BCUT2D eigenvalue weighted by molar-refractivity contribution is -0.0510. The third kappa shape index (κ3) is 7.28. The van der Waals surface area contributed by atoms with E-state index in [0.29, 0.717) is 0 Å². The summed E-state index contributed by atoms with van der Waals surface area (Å²) in [7, 11) is -5.84. The van der Waals surface area contributed by atoms with Gasteiger partial charge >= 0.3 is 15.6 Å². The lowest BCUT2D eigenvalue weighted by Gasteiger charge is -2.28. The van der Waals surface area contributed by atoms with Crippen LogP contribution in [0.1, 0.15) is 26.3 Å². The SMILES string of the molecule is CC(C)(C)c1ccc(N(Nc2ccccc2)c2ccccc2)cc1.O=S(=O)(O)C(F)(F)F. The highest BCUT2D eigenvalue weighted by Crippen LogP contribution is 2.29. The molecule has 5 nitrogen and oxygen atoms in total. The number of anilines is 3. The third-order valence-corrected chi connectivity index (χ3v) is 4.90. The molecule has 0 aromatic heterocycles. The molecule has 172 valence electrons. The summed E-state index contributed by atoms with van der Waals surface area (Å²) in [6, 6.07) is 29.3. The van der Waals surface area contributed by atoms with Crippen molar-refractivity contribution in [3.63, 3.8) is 0 Å². The van der Waals surface area contributed by atoms with Gasteiger partial charge in [-0.05, 0) is 47.4 Å². The molecular weight excluding hydrogens is 441 g/mol. The standard InChI is InChI=1S/C22H24N2.CHF3O3S/c1-22(2,3)18-14-16-21(17-15-18)24(20-12-8-5-9-13-20)23-19-10-6-4-7-11-19;2-1(3,4)8(5,6)7/h4-17,23H,1-3H3;(H,5,6,7). The van der Waals surface area contributed by atoms with Crippen LogP contribution in [0.3, 0.4) is 0 Å². The van der Waals surface area contributed by atoms with Gasteiger partial charge < -0.3 is 0 Å². The third-order valence-electron chi connectivity index (χ3n) is 4.31. The zero-order valence-electron chi connectivity index (χ0n) is 17.8. The molecule has 0 aliphatic carbocycles. The molecular formula is C23H25F3N2O3S. The predicted octanol–water partition coefficient (Wildman–Crippen LogP) is 6.54. The molecule has 2 N–H and O–H groups in total. The molecule has 32 heavy (non-hydrogen) atoms. The van der Waals surface area contributed by atoms with Crippen molar-refractivity contribution in [2.75, 3.05) is 10.4 Å². The molecule has 0 spiro atoms. The van der Waals surface area contributed by atoms with Crippen LogP contribution in [0.25, 0.3) is 0 Å². The normalized spacial score (nSPS) is 11.8. The Morgan fingerprint density at radius 2 is 1.16 bits per heavy atom. The maximum atomic E-state index is 10.7. The Balaban J connectivity index is 0.000000390. The number of rotatable bonds is 4. The molecule has 0 aliphatic rings. The summed E-state index contributed by atoms with van der Waals surface area (Å²) in [4.78, 5) is 0. The van der Waals surface area contributed by atoms with Gasteiger partial charge in [0.1, 0.15) is 0 Å². The van der Waals surface area contributed by atoms with Gasteiger partial charge in [0.05, 0.1) is 17.1 Å². The van der Waals surface area contributed by atoms with Gasteiger partial charge in [-0.25, -0.2) is 0 Å². The number of para-hydroxylation sites is 2. The Morgan fingerprint density at radius 3 is 1.56 bits per heavy atom. The Kier molecular flexibility index (Phi) is 7.92. The minimum Gasteiger partial charge on any atom is -0.294 e. The quantitative estimate of drug-likeness (QED) is 0.259. The zero-order chi connectivity index (χ0) is 24.0. The van der Waals surface area contributed by atoms with E-state index in [9.17, 15) is 13.2 Å². The van der Waals surface area contributed by atoms with Gasteiger partial charge in [-0.2, -0.15) is 21.6 Å². The monoisotopic (exact) mass is 466 g/mol. The fraction of sp³-hybridized carbons (Fsp3) is 0.217. The highest BCUT2D eigenvalue weighted by Gasteiger charge is 2.44. The maximum Gasteiger partial charge on any atom is 0.522 e. The van der Waals surface area contributed by atoms with Crippen LogP contribution in [0.15, 0.2) is 84.9 Å². The molecule has 0 unspecified atom stereocenters. The van der Waals surface area contributed by atoms with Gasteiger partial charge in [0.2, 0.25) is 0 Å². The number of halogens is 3. The molecule has 0 saturated carbocycles. The fourth-order valence-corrected chi connectivity index (χ4v) is 2.61. The van der Waals surface area contributed by atoms with Gasteiger partial charge in [-0.3, -0.25) is 15.0 Å². The zero-order valence-corrected chi connectivity index (χ0v) is 18.7. The first kappa shape index (κ1) is 25.2. The minimum absolute atomic E-state index is 0.156. The molecule has 9 heteroatoms. The van der Waals surface area contributed by atoms with E-state index >= 15 is 0 Å². The van der Waals surface area contributed by atoms with Crippen LogP contribution in [0.2, 0.25) is 0 Å². The van der Waals surface area contributed by atoms with Gasteiger partial charge in [-0.15, -0.1) is 0 Å². The van der Waals surface area contributed by atoms with E-state index in [4.69, 9.17) is 13.0 Å². The average molecular weight is 467 g/mol. The van der Waals surface area contributed by atoms with E-state index in [2.05, 4.69) is 91.9 Å². The van der Waals surface area contributed by atoms with Gasteiger partial charge in [0, 0.05) is 0 Å². The van der Waals surface area contributed by atoms with Crippen molar-refractivity contribution >= 4 is 27.2 Å². The molecule has 0 amide bonds. The number of nitrogens with zero attached hydrogens (tertiary/aromatic N) is 1. The van der Waals surface area contributed by atoms with E-state index in [1.807, 2.05) is 24.3 Å². The van der Waals surface area contributed by atoms with Crippen LogP contribution in [0.5, 0.6) is 0 Å². The van der Waals surface area contributed by atoms with E-state index in [1.165, 1.54) is 5.56 Å². The fourth-order valence-electron chi connectivity index (χ4n) is 2.61. The van der Waals surface area contributed by atoms with Crippen molar-refractivity contribution < 1.29 is 26.1 Å². The van der Waals surface area contributed by atoms with Gasteiger partial charge in [0.15, 0.2) is 0 Å². The predicted molar refractivity (Wildman–Crippen MR) is 121 cm³/mol. The van der Waals surface area contributed by atoms with Crippen LogP contribution in [-0.2, 0) is 15.5 Å². The first-order valence-electron chi connectivity index (χ1n) is 9.60. The Labute approximate surface area is 186 Å². The van der Waals surface area contributed by atoms with Crippen molar-refractivity contribution in [1.82, 2.24) is 0 Å². The summed E-state index contributed by atoms with van der Waals surface area (Å²) in [5.74, 6) is 0. The second-order valence-electron chi connectivity index (χ2n) is 7.87. The van der Waals surface area contributed by atoms with Crippen LogP contribution in [0, 0.1) is 0 Å². The summed E-state index contributed by atoms with van der Waals surface area (Å²) in [6.07, 6.45) is 0. The van der Waals surface area contributed by atoms with E-state index in [-0.39, 0.29) is 5.41 Å². The van der Waals surface area contributed by atoms with Crippen molar-refractivity contribution in [2.24, 2.45) is 0 Å². The summed E-state index contributed by atoms with van der Waals surface area (Å²) in [6.45, 7) is 6.71. The highest BCUT2D eigenvalue weighted by molar-refractivity contribution is 7.86. The second kappa shape index (κ2) is 10.1. The summed E-state index contributed by atoms with van der Waals surface area (Å²) in [5.41, 5.74) is 2.72. The average Bonchev–Trinajstić information content (AvgIpc) is 2.72. The molecule has 3 aromatic carbocycles. The Bertz CT molecular complexity index is 1080. The van der Waals surface area contributed by atoms with E-state index in [0.717, 1.165) is 17.1 Å². The second-order valence-corrected chi connectivity index (χ2v) is 9.28. The topological polar surface area (TPSA) is 69.6 Å². The molecule has 3 rings (SSSR count). The maximum absolute atomic E-state index is 10.7. The van der Waals surface area contributed by atoms with E-state index < -0.39 is 15.6 Å². The first-order valence-corrected chi connectivity index (χ1v) is 11.0. The molecule has 0 aliphatic heterocycles. The van der Waals surface area contributed by atoms with Crippen LogP contribution in [-0.4, -0.2) is 18.5 Å². The van der Waals surface area contributed by atoms with Crippen LogP contribution < -0.4 is 10.4 Å². The van der Waals surface area contributed by atoms with Gasteiger partial charge in [-0.1, -0.05) is 69.3 Å². The smallest absolute Gasteiger partial charge is 0.294 e. The van der Waals surface area contributed by atoms with Crippen LogP contribution in [0.4, 0.5) is 30.2 Å². The van der Waals surface area contributed by atoms with Gasteiger partial charge in [0.25, 0.3) is 0 Å². The number of alkyl halides is 3. The minimum atomic E-state index is -5.84. The molecule has 3 aromatic rings. The Hall–Kier alpha value is -3.04. The van der Waals surface area contributed by atoms with Crippen molar-refractivity contribution in [1.29, 1.82) is 0 Å².